The van der Waals surface area contributed by atoms with Crippen molar-refractivity contribution in [2.24, 2.45) is 11.3 Å². The van der Waals surface area contributed by atoms with Crippen LogP contribution >= 0.6 is 0 Å². The molecule has 2 spiro atoms. The number of fused-ring (bicyclic) bond motifs is 1. The van der Waals surface area contributed by atoms with Gasteiger partial charge in [0.15, 0.2) is 11.5 Å². The summed E-state index contributed by atoms with van der Waals surface area (Å²) in [6.07, 6.45) is 9.25. The van der Waals surface area contributed by atoms with E-state index < -0.39 is 11.2 Å². The molecule has 0 radical (unpaired) electrons. The predicted molar refractivity (Wildman–Crippen MR) is 119 cm³/mol. The fourth-order valence-electron chi connectivity index (χ4n) is 8.59. The molecule has 4 bridgehead atoms. The Kier molecular flexibility index (Phi) is 3.93. The zero-order chi connectivity index (χ0) is 21.8. The highest BCUT2D eigenvalue weighted by Crippen LogP contribution is 2.75. The number of rotatable bonds is 5. The lowest BCUT2D eigenvalue weighted by Crippen LogP contribution is -2.80. The molecule has 168 valence electrons. The van der Waals surface area contributed by atoms with Gasteiger partial charge in [-0.15, -0.1) is 0 Å². The van der Waals surface area contributed by atoms with Gasteiger partial charge in [0.1, 0.15) is 11.7 Å². The number of likely N-dealkylation sites (N-methyl/N-ethyl adjacent to an activating group) is 1. The number of benzene rings is 1. The van der Waals surface area contributed by atoms with Gasteiger partial charge in [0.25, 0.3) is 0 Å². The number of hydrogen-bond acceptors (Lipinski definition) is 5. The van der Waals surface area contributed by atoms with E-state index in [0.29, 0.717) is 6.04 Å². The number of ether oxygens (including phenoxy) is 3. The molecule has 7 atom stereocenters. The number of piperidine rings is 1. The smallest absolute Gasteiger partial charge is 0.166 e. The highest BCUT2D eigenvalue weighted by atomic mass is 16.6. The van der Waals surface area contributed by atoms with Crippen LogP contribution in [0.5, 0.6) is 11.5 Å². The average molecular weight is 426 g/mol. The molecule has 2 heterocycles. The van der Waals surface area contributed by atoms with Crippen LogP contribution in [0.25, 0.3) is 0 Å². The molecule has 2 aliphatic heterocycles. The van der Waals surface area contributed by atoms with E-state index in [2.05, 4.69) is 43.2 Å². The van der Waals surface area contributed by atoms with Crippen molar-refractivity contribution in [2.75, 3.05) is 27.8 Å². The molecule has 7 rings (SSSR count). The van der Waals surface area contributed by atoms with Gasteiger partial charge in [0.05, 0.1) is 18.1 Å². The number of methoxy groups -OCH3 is 2. The van der Waals surface area contributed by atoms with Gasteiger partial charge >= 0.3 is 0 Å². The third kappa shape index (κ3) is 2.01. The van der Waals surface area contributed by atoms with Gasteiger partial charge in [-0.2, -0.15) is 0 Å². The third-order valence-electron chi connectivity index (χ3n) is 9.78. The Morgan fingerprint density at radius 3 is 2.81 bits per heavy atom. The molecule has 2 fully saturated rings. The van der Waals surface area contributed by atoms with Crippen LogP contribution < -0.4 is 9.47 Å². The fourth-order valence-corrected chi connectivity index (χ4v) is 8.59. The van der Waals surface area contributed by atoms with E-state index in [4.69, 9.17) is 14.2 Å². The van der Waals surface area contributed by atoms with Gasteiger partial charge in [-0.05, 0) is 57.8 Å². The van der Waals surface area contributed by atoms with Crippen LogP contribution in [0.1, 0.15) is 50.7 Å². The van der Waals surface area contributed by atoms with Crippen LogP contribution in [-0.4, -0.2) is 61.2 Å². The minimum Gasteiger partial charge on any atom is -0.493 e. The van der Waals surface area contributed by atoms with Gasteiger partial charge in [-0.3, -0.25) is 0 Å². The topological polar surface area (TPSA) is 51.2 Å². The van der Waals surface area contributed by atoms with E-state index in [1.54, 1.807) is 14.2 Å². The Labute approximate surface area is 185 Å². The van der Waals surface area contributed by atoms with E-state index in [9.17, 15) is 5.11 Å². The summed E-state index contributed by atoms with van der Waals surface area (Å²) in [4.78, 5) is 2.55. The lowest BCUT2D eigenvalue weighted by Gasteiger charge is -2.72. The molecule has 1 saturated heterocycles. The second-order valence-electron chi connectivity index (χ2n) is 10.8. The van der Waals surface area contributed by atoms with E-state index in [1.807, 2.05) is 6.92 Å². The number of likely N-dealkylation sites (tertiary alicyclic amines) is 1. The van der Waals surface area contributed by atoms with Crippen LogP contribution in [0.15, 0.2) is 24.3 Å². The predicted octanol–water partition coefficient (Wildman–Crippen LogP) is 3.47. The first-order chi connectivity index (χ1) is 14.8. The third-order valence-corrected chi connectivity index (χ3v) is 9.78. The van der Waals surface area contributed by atoms with E-state index in [1.165, 1.54) is 11.1 Å². The first-order valence-electron chi connectivity index (χ1n) is 11.9. The quantitative estimate of drug-likeness (QED) is 0.732. The average Bonchev–Trinajstić information content (AvgIpc) is 3.13. The van der Waals surface area contributed by atoms with Crippen molar-refractivity contribution in [3.8, 4) is 11.5 Å². The molecule has 1 saturated carbocycles. The molecule has 0 amide bonds. The zero-order valence-corrected chi connectivity index (χ0v) is 19.4. The largest absolute Gasteiger partial charge is 0.493 e. The second kappa shape index (κ2) is 6.06. The lowest BCUT2D eigenvalue weighted by atomic mass is 9.36. The van der Waals surface area contributed by atoms with Crippen LogP contribution in [0.3, 0.4) is 0 Å². The maximum absolute atomic E-state index is 11.7. The highest BCUT2D eigenvalue weighted by Gasteiger charge is 2.80. The standard InChI is InChI=1S/C26H35NO4/c1-6-9-23(2,28)18-15-24-10-11-26(18,30-5)22-25(24)12-13-27(3)19(24)14-16-7-8-17(29-4)21(31-22)20(16)25/h7-8,10-11,18-19,22,28H,6,9,12-15H2,1-5H3/t18?,19?,22-,23?,24-,25?,26-/m0/s1. The van der Waals surface area contributed by atoms with Gasteiger partial charge < -0.3 is 24.2 Å². The molecule has 1 aromatic rings. The molecule has 1 aromatic carbocycles. The molecule has 4 aliphatic carbocycles. The number of hydrogen-bond donors (Lipinski definition) is 1. The summed E-state index contributed by atoms with van der Waals surface area (Å²) in [5.41, 5.74) is 1.08. The summed E-state index contributed by atoms with van der Waals surface area (Å²) < 4.78 is 19.1. The summed E-state index contributed by atoms with van der Waals surface area (Å²) in [6, 6.07) is 4.71. The summed E-state index contributed by atoms with van der Waals surface area (Å²) in [5.74, 6) is 1.71. The first-order valence-corrected chi connectivity index (χ1v) is 11.9. The van der Waals surface area contributed by atoms with Gasteiger partial charge in [0.2, 0.25) is 0 Å². The monoisotopic (exact) mass is 425 g/mol. The molecule has 5 nitrogen and oxygen atoms in total. The Morgan fingerprint density at radius 2 is 2.10 bits per heavy atom. The van der Waals surface area contributed by atoms with Crippen molar-refractivity contribution in [3.05, 3.63) is 35.4 Å². The van der Waals surface area contributed by atoms with Crippen molar-refractivity contribution >= 4 is 0 Å². The van der Waals surface area contributed by atoms with Crippen molar-refractivity contribution in [3.63, 3.8) is 0 Å². The molecule has 5 heteroatoms. The van der Waals surface area contributed by atoms with Crippen molar-refractivity contribution in [1.82, 2.24) is 4.90 Å². The summed E-state index contributed by atoms with van der Waals surface area (Å²) in [6.45, 7) is 5.20. The molecule has 1 N–H and O–H groups in total. The number of aliphatic hydroxyl groups is 1. The minimum atomic E-state index is -0.820. The van der Waals surface area contributed by atoms with Gasteiger partial charge in [-0.1, -0.05) is 31.6 Å². The van der Waals surface area contributed by atoms with E-state index in [0.717, 1.165) is 50.1 Å². The summed E-state index contributed by atoms with van der Waals surface area (Å²) in [5, 5.41) is 11.7. The molecule has 0 aromatic heterocycles. The Hall–Kier alpha value is -1.56. The Bertz CT molecular complexity index is 972. The molecule has 31 heavy (non-hydrogen) atoms. The van der Waals surface area contributed by atoms with Crippen LogP contribution in [-0.2, 0) is 16.6 Å². The maximum Gasteiger partial charge on any atom is 0.166 e. The summed E-state index contributed by atoms with van der Waals surface area (Å²) >= 11 is 0. The van der Waals surface area contributed by atoms with E-state index >= 15 is 0 Å². The van der Waals surface area contributed by atoms with Crippen LogP contribution in [0.2, 0.25) is 0 Å². The van der Waals surface area contributed by atoms with Crippen molar-refractivity contribution < 1.29 is 19.3 Å². The molecule has 4 unspecified atom stereocenters. The zero-order valence-electron chi connectivity index (χ0n) is 19.4. The number of nitrogens with zero attached hydrogens (tertiary/aromatic N) is 1. The fraction of sp³-hybridized carbons (Fsp3) is 0.692. The van der Waals surface area contributed by atoms with Crippen LogP contribution in [0.4, 0.5) is 0 Å². The molecular formula is C26H35NO4. The minimum absolute atomic E-state index is 0.0241. The normalized spacial score (nSPS) is 43.4. The van der Waals surface area contributed by atoms with Crippen LogP contribution in [0, 0.1) is 11.3 Å². The highest BCUT2D eigenvalue weighted by molar-refractivity contribution is 5.65. The SMILES string of the molecule is CCCC(C)(O)C1C[C@]23C=C[C@@]1(OC)[C@H]1Oc4c(OC)ccc5c4C12CCN(C)C3C5. The lowest BCUT2D eigenvalue weighted by molar-refractivity contribution is -0.247. The maximum atomic E-state index is 11.7. The van der Waals surface area contributed by atoms with Crippen molar-refractivity contribution in [1.29, 1.82) is 0 Å². The van der Waals surface area contributed by atoms with Gasteiger partial charge in [-0.25, -0.2) is 0 Å². The summed E-state index contributed by atoms with van der Waals surface area (Å²) in [7, 11) is 5.80. The van der Waals surface area contributed by atoms with E-state index in [-0.39, 0.29) is 22.9 Å². The first kappa shape index (κ1) is 20.1. The van der Waals surface area contributed by atoms with Crippen molar-refractivity contribution in [2.45, 2.75) is 74.7 Å². The Balaban J connectivity index is 1.66. The Morgan fingerprint density at radius 1 is 1.29 bits per heavy atom. The second-order valence-corrected chi connectivity index (χ2v) is 10.8. The molecule has 6 aliphatic rings. The van der Waals surface area contributed by atoms with Gasteiger partial charge in [0, 0.05) is 30.0 Å². The molecular weight excluding hydrogens is 390 g/mol.